The van der Waals surface area contributed by atoms with Crippen LogP contribution in [0.5, 0.6) is 0 Å². The van der Waals surface area contributed by atoms with E-state index in [9.17, 15) is 0 Å². The predicted octanol–water partition coefficient (Wildman–Crippen LogP) is 3.73. The van der Waals surface area contributed by atoms with Gasteiger partial charge in [-0.25, -0.2) is 0 Å². The zero-order valence-electron chi connectivity index (χ0n) is 12.5. The third kappa shape index (κ3) is 2.75. The van der Waals surface area contributed by atoms with Crippen LogP contribution in [0.3, 0.4) is 0 Å². The minimum atomic E-state index is 0.829. The third-order valence-corrected chi connectivity index (χ3v) is 4.97. The van der Waals surface area contributed by atoms with E-state index in [2.05, 4.69) is 39.5 Å². The molecule has 0 spiro atoms. The molecule has 0 atom stereocenters. The van der Waals surface area contributed by atoms with Gasteiger partial charge in [-0.1, -0.05) is 31.4 Å². The van der Waals surface area contributed by atoms with Crippen LogP contribution in [0.15, 0.2) is 30.6 Å². The van der Waals surface area contributed by atoms with E-state index in [0.717, 1.165) is 25.6 Å². The van der Waals surface area contributed by atoms with E-state index in [1.54, 1.807) is 0 Å². The second-order valence-corrected chi connectivity index (χ2v) is 6.54. The zero-order chi connectivity index (χ0) is 14.1. The summed E-state index contributed by atoms with van der Waals surface area (Å²) < 4.78 is 2.15. The first-order chi connectivity index (χ1) is 10.4. The Kier molecular flexibility index (Phi) is 3.52. The first kappa shape index (κ1) is 13.1. The Hall–Kier alpha value is -1.61. The molecule has 1 fully saturated rings. The lowest BCUT2D eigenvalue weighted by molar-refractivity contribution is 0.308. The van der Waals surface area contributed by atoms with Gasteiger partial charge in [-0.3, -0.25) is 4.68 Å². The van der Waals surface area contributed by atoms with Crippen LogP contribution in [0.25, 0.3) is 11.1 Å². The highest BCUT2D eigenvalue weighted by molar-refractivity contribution is 5.63. The second kappa shape index (κ2) is 5.64. The van der Waals surface area contributed by atoms with Crippen LogP contribution < -0.4 is 5.32 Å². The van der Waals surface area contributed by atoms with Crippen LogP contribution >= 0.6 is 0 Å². The van der Waals surface area contributed by atoms with Crippen LogP contribution in [0.4, 0.5) is 0 Å². The number of aromatic nitrogens is 2. The molecule has 1 aliphatic heterocycles. The Morgan fingerprint density at radius 3 is 2.81 bits per heavy atom. The summed E-state index contributed by atoms with van der Waals surface area (Å²) in [7, 11) is 0. The molecular formula is C18H23N3. The van der Waals surface area contributed by atoms with Gasteiger partial charge < -0.3 is 5.32 Å². The monoisotopic (exact) mass is 281 g/mol. The molecule has 0 saturated heterocycles. The molecule has 3 heteroatoms. The van der Waals surface area contributed by atoms with Crippen molar-refractivity contribution < 1.29 is 0 Å². The van der Waals surface area contributed by atoms with Gasteiger partial charge in [0, 0.05) is 31.4 Å². The van der Waals surface area contributed by atoms with Crippen molar-refractivity contribution in [2.24, 2.45) is 5.92 Å². The van der Waals surface area contributed by atoms with Crippen molar-refractivity contribution in [3.63, 3.8) is 0 Å². The predicted molar refractivity (Wildman–Crippen MR) is 84.8 cm³/mol. The first-order valence-electron chi connectivity index (χ1n) is 8.24. The normalized spacial score (nSPS) is 18.9. The van der Waals surface area contributed by atoms with Crippen LogP contribution in [0.1, 0.15) is 43.2 Å². The fourth-order valence-electron chi connectivity index (χ4n) is 3.72. The molecule has 1 aromatic heterocycles. The van der Waals surface area contributed by atoms with Crippen LogP contribution in [0.2, 0.25) is 0 Å². The summed E-state index contributed by atoms with van der Waals surface area (Å²) in [5.74, 6) is 0.829. The van der Waals surface area contributed by atoms with E-state index in [4.69, 9.17) is 0 Å². The van der Waals surface area contributed by atoms with Gasteiger partial charge in [0.25, 0.3) is 0 Å². The van der Waals surface area contributed by atoms with Gasteiger partial charge in [0.1, 0.15) is 0 Å². The summed E-state index contributed by atoms with van der Waals surface area (Å²) >= 11 is 0. The van der Waals surface area contributed by atoms with E-state index in [1.165, 1.54) is 54.4 Å². The number of fused-ring (bicyclic) bond motifs is 1. The van der Waals surface area contributed by atoms with E-state index in [-0.39, 0.29) is 0 Å². The van der Waals surface area contributed by atoms with Crippen molar-refractivity contribution in [3.05, 3.63) is 41.7 Å². The van der Waals surface area contributed by atoms with Crippen LogP contribution in [-0.4, -0.2) is 9.78 Å². The van der Waals surface area contributed by atoms with Crippen molar-refractivity contribution in [2.45, 2.75) is 51.7 Å². The molecule has 1 aliphatic carbocycles. The molecule has 110 valence electrons. The van der Waals surface area contributed by atoms with E-state index in [1.807, 2.05) is 6.20 Å². The third-order valence-electron chi connectivity index (χ3n) is 4.97. The smallest absolute Gasteiger partial charge is 0.0568 e. The fourth-order valence-corrected chi connectivity index (χ4v) is 3.72. The molecule has 2 aromatic rings. The number of rotatable bonds is 3. The van der Waals surface area contributed by atoms with E-state index >= 15 is 0 Å². The SMILES string of the molecule is c1cc2c(cc1-c1cnn(CC3CCCCC3)c1)CNC2. The van der Waals surface area contributed by atoms with Gasteiger partial charge in [0.2, 0.25) is 0 Å². The topological polar surface area (TPSA) is 29.9 Å². The molecule has 1 aromatic carbocycles. The van der Waals surface area contributed by atoms with E-state index < -0.39 is 0 Å². The van der Waals surface area contributed by atoms with Crippen molar-refractivity contribution in [1.29, 1.82) is 0 Å². The quantitative estimate of drug-likeness (QED) is 0.929. The van der Waals surface area contributed by atoms with Crippen molar-refractivity contribution in [3.8, 4) is 11.1 Å². The molecule has 2 heterocycles. The van der Waals surface area contributed by atoms with Crippen molar-refractivity contribution in [2.75, 3.05) is 0 Å². The largest absolute Gasteiger partial charge is 0.309 e. The molecule has 1 N–H and O–H groups in total. The number of hydrogen-bond acceptors (Lipinski definition) is 2. The molecule has 0 amide bonds. The Balaban J connectivity index is 1.51. The standard InChI is InChI=1S/C18H23N3/c1-2-4-14(5-3-1)12-21-13-18(11-20-21)15-6-7-16-9-19-10-17(16)8-15/h6-8,11,13-14,19H,1-5,9-10,12H2. The molecule has 21 heavy (non-hydrogen) atoms. The molecular weight excluding hydrogens is 258 g/mol. The summed E-state index contributed by atoms with van der Waals surface area (Å²) in [6, 6.07) is 6.80. The molecule has 0 radical (unpaired) electrons. The van der Waals surface area contributed by atoms with Gasteiger partial charge in [0.15, 0.2) is 0 Å². The molecule has 0 bridgehead atoms. The van der Waals surface area contributed by atoms with E-state index in [0.29, 0.717) is 0 Å². The maximum atomic E-state index is 4.58. The Morgan fingerprint density at radius 2 is 1.90 bits per heavy atom. The highest BCUT2D eigenvalue weighted by Crippen LogP contribution is 2.27. The Morgan fingerprint density at radius 1 is 1.05 bits per heavy atom. The van der Waals surface area contributed by atoms with Gasteiger partial charge in [-0.2, -0.15) is 5.10 Å². The van der Waals surface area contributed by atoms with Crippen LogP contribution in [-0.2, 0) is 19.6 Å². The summed E-state index contributed by atoms with van der Waals surface area (Å²) in [5, 5.41) is 7.99. The maximum absolute atomic E-state index is 4.58. The summed E-state index contributed by atoms with van der Waals surface area (Å²) in [5.41, 5.74) is 5.42. The van der Waals surface area contributed by atoms with Gasteiger partial charge in [-0.05, 0) is 41.5 Å². The summed E-state index contributed by atoms with van der Waals surface area (Å²) in [6.45, 7) is 3.10. The minimum Gasteiger partial charge on any atom is -0.309 e. The number of nitrogens with one attached hydrogen (secondary N) is 1. The lowest BCUT2D eigenvalue weighted by Gasteiger charge is -2.21. The molecule has 3 nitrogen and oxygen atoms in total. The number of hydrogen-bond donors (Lipinski definition) is 1. The fraction of sp³-hybridized carbons (Fsp3) is 0.500. The Labute approximate surface area is 126 Å². The van der Waals surface area contributed by atoms with Gasteiger partial charge in [0.05, 0.1) is 6.20 Å². The molecule has 4 rings (SSSR count). The molecule has 2 aliphatic rings. The number of nitrogens with zero attached hydrogens (tertiary/aromatic N) is 2. The second-order valence-electron chi connectivity index (χ2n) is 6.54. The zero-order valence-corrected chi connectivity index (χ0v) is 12.5. The first-order valence-corrected chi connectivity index (χ1v) is 8.24. The molecule has 1 saturated carbocycles. The van der Waals surface area contributed by atoms with Gasteiger partial charge >= 0.3 is 0 Å². The van der Waals surface area contributed by atoms with Crippen molar-refractivity contribution in [1.82, 2.24) is 15.1 Å². The summed E-state index contributed by atoms with van der Waals surface area (Å²) in [6.07, 6.45) is 11.2. The van der Waals surface area contributed by atoms with Crippen molar-refractivity contribution >= 4 is 0 Å². The average molecular weight is 281 g/mol. The highest BCUT2D eigenvalue weighted by atomic mass is 15.3. The lowest BCUT2D eigenvalue weighted by Crippen LogP contribution is -2.14. The Bertz CT molecular complexity index is 623. The van der Waals surface area contributed by atoms with Gasteiger partial charge in [-0.15, -0.1) is 0 Å². The molecule has 0 unspecified atom stereocenters. The van der Waals surface area contributed by atoms with Crippen LogP contribution in [0, 0.1) is 5.92 Å². The maximum Gasteiger partial charge on any atom is 0.0568 e. The average Bonchev–Trinajstić information content (AvgIpc) is 3.16. The number of benzene rings is 1. The highest BCUT2D eigenvalue weighted by Gasteiger charge is 2.15. The summed E-state index contributed by atoms with van der Waals surface area (Å²) in [4.78, 5) is 0. The lowest BCUT2D eigenvalue weighted by atomic mass is 9.89. The minimum absolute atomic E-state index is 0.829.